The van der Waals surface area contributed by atoms with Gasteiger partial charge in [0.05, 0.1) is 7.11 Å². The number of aromatic nitrogens is 3. The molecule has 3 aromatic heterocycles. The Labute approximate surface area is 189 Å². The first kappa shape index (κ1) is 21.8. The highest BCUT2D eigenvalue weighted by atomic mass is 16.5. The van der Waals surface area contributed by atoms with Gasteiger partial charge >= 0.3 is 5.63 Å². The summed E-state index contributed by atoms with van der Waals surface area (Å²) in [6, 6.07) is 14.0. The van der Waals surface area contributed by atoms with Crippen LogP contribution in [0.2, 0.25) is 0 Å². The number of hydrogen-bond acceptors (Lipinski definition) is 9. The lowest BCUT2D eigenvalue weighted by Gasteiger charge is -2.10. The van der Waals surface area contributed by atoms with Crippen LogP contribution >= 0.6 is 0 Å². The standard InChI is InChI=1S/C23H22N6O4/c1-14-27-19(13-20(28-14)29-18-8-3-4-9-24-18)25-10-11-26-22(30)16-12-15-6-5-7-17(32-2)21(15)33-23(16)31/h3-9,12-13H,10-11H2,1-2H3,(H,26,30)(H2,24,25,27,28,29). The molecule has 0 bridgehead atoms. The summed E-state index contributed by atoms with van der Waals surface area (Å²) in [5, 5.41) is 9.56. The van der Waals surface area contributed by atoms with Crippen molar-refractivity contribution in [2.75, 3.05) is 30.8 Å². The fourth-order valence-electron chi connectivity index (χ4n) is 3.19. The third-order valence-electron chi connectivity index (χ3n) is 4.66. The molecule has 3 heterocycles. The molecular formula is C23H22N6O4. The number of methoxy groups -OCH3 is 1. The van der Waals surface area contributed by atoms with Crippen molar-refractivity contribution in [1.29, 1.82) is 0 Å². The van der Waals surface area contributed by atoms with Crippen LogP contribution in [0.1, 0.15) is 16.2 Å². The van der Waals surface area contributed by atoms with Gasteiger partial charge in [0.1, 0.15) is 28.8 Å². The zero-order chi connectivity index (χ0) is 23.2. The van der Waals surface area contributed by atoms with Gasteiger partial charge in [-0.3, -0.25) is 4.79 Å². The van der Waals surface area contributed by atoms with Gasteiger partial charge in [0.2, 0.25) is 0 Å². The van der Waals surface area contributed by atoms with Gasteiger partial charge in [0.15, 0.2) is 11.3 Å². The van der Waals surface area contributed by atoms with Crippen LogP contribution in [0.25, 0.3) is 11.0 Å². The number of carbonyl (C=O) groups excluding carboxylic acids is 1. The zero-order valence-corrected chi connectivity index (χ0v) is 18.1. The van der Waals surface area contributed by atoms with Crippen LogP contribution < -0.4 is 26.3 Å². The first-order valence-electron chi connectivity index (χ1n) is 10.2. The molecule has 1 aromatic carbocycles. The number of para-hydroxylation sites is 1. The predicted molar refractivity (Wildman–Crippen MR) is 124 cm³/mol. The molecule has 0 radical (unpaired) electrons. The first-order chi connectivity index (χ1) is 16.0. The van der Waals surface area contributed by atoms with Crippen molar-refractivity contribution in [2.45, 2.75) is 6.92 Å². The lowest BCUT2D eigenvalue weighted by atomic mass is 10.1. The van der Waals surface area contributed by atoms with Gasteiger partial charge in [-0.25, -0.2) is 19.7 Å². The van der Waals surface area contributed by atoms with Crippen molar-refractivity contribution in [3.05, 3.63) is 76.5 Å². The minimum Gasteiger partial charge on any atom is -0.493 e. The van der Waals surface area contributed by atoms with Crippen molar-refractivity contribution in [2.24, 2.45) is 0 Å². The topological polar surface area (TPSA) is 131 Å². The second-order valence-electron chi connectivity index (χ2n) is 7.03. The number of ether oxygens (including phenoxy) is 1. The molecule has 0 fully saturated rings. The van der Waals surface area contributed by atoms with E-state index in [-0.39, 0.29) is 12.1 Å². The van der Waals surface area contributed by atoms with E-state index in [2.05, 4.69) is 30.9 Å². The number of rotatable bonds is 8. The van der Waals surface area contributed by atoms with Crippen molar-refractivity contribution in [3.63, 3.8) is 0 Å². The minimum atomic E-state index is -0.728. The molecular weight excluding hydrogens is 424 g/mol. The third-order valence-corrected chi connectivity index (χ3v) is 4.66. The number of carbonyl (C=O) groups is 1. The second kappa shape index (κ2) is 9.77. The molecule has 10 heteroatoms. The molecule has 168 valence electrons. The van der Waals surface area contributed by atoms with Crippen molar-refractivity contribution >= 4 is 34.3 Å². The van der Waals surface area contributed by atoms with Crippen LogP contribution in [-0.2, 0) is 0 Å². The van der Waals surface area contributed by atoms with Crippen LogP contribution in [0.3, 0.4) is 0 Å². The Morgan fingerprint density at radius 1 is 1.03 bits per heavy atom. The number of hydrogen-bond donors (Lipinski definition) is 3. The summed E-state index contributed by atoms with van der Waals surface area (Å²) >= 11 is 0. The number of fused-ring (bicyclic) bond motifs is 1. The molecule has 0 aliphatic heterocycles. The highest BCUT2D eigenvalue weighted by Gasteiger charge is 2.15. The predicted octanol–water partition coefficient (Wildman–Crippen LogP) is 2.88. The average Bonchev–Trinajstić information content (AvgIpc) is 2.81. The molecule has 0 aliphatic rings. The summed E-state index contributed by atoms with van der Waals surface area (Å²) in [4.78, 5) is 37.7. The number of benzene rings is 1. The van der Waals surface area contributed by atoms with Crippen molar-refractivity contribution in [1.82, 2.24) is 20.3 Å². The number of amides is 1. The fourth-order valence-corrected chi connectivity index (χ4v) is 3.19. The smallest absolute Gasteiger partial charge is 0.349 e. The van der Waals surface area contributed by atoms with E-state index in [1.165, 1.54) is 13.2 Å². The molecule has 3 N–H and O–H groups in total. The van der Waals surface area contributed by atoms with Gasteiger partial charge in [-0.15, -0.1) is 0 Å². The summed E-state index contributed by atoms with van der Waals surface area (Å²) < 4.78 is 10.5. The molecule has 0 aliphatic carbocycles. The minimum absolute atomic E-state index is 0.0736. The Bertz CT molecular complexity index is 1340. The molecule has 0 saturated heterocycles. The lowest BCUT2D eigenvalue weighted by molar-refractivity contribution is 0.0951. The van der Waals surface area contributed by atoms with E-state index in [1.807, 2.05) is 18.2 Å². The summed E-state index contributed by atoms with van der Waals surface area (Å²) in [6.07, 6.45) is 1.69. The summed E-state index contributed by atoms with van der Waals surface area (Å²) in [6.45, 7) is 2.43. The SMILES string of the molecule is COc1cccc2cc(C(=O)NCCNc3cc(Nc4ccccn4)nc(C)n3)c(=O)oc12. The van der Waals surface area contributed by atoms with Gasteiger partial charge in [0, 0.05) is 30.7 Å². The first-order valence-corrected chi connectivity index (χ1v) is 10.2. The molecule has 33 heavy (non-hydrogen) atoms. The molecule has 0 atom stereocenters. The summed E-state index contributed by atoms with van der Waals surface area (Å²) in [5.41, 5.74) is -0.498. The molecule has 0 unspecified atom stereocenters. The fraction of sp³-hybridized carbons (Fsp3) is 0.174. The zero-order valence-electron chi connectivity index (χ0n) is 18.1. The van der Waals surface area contributed by atoms with Crippen LogP contribution in [-0.4, -0.2) is 41.1 Å². The van der Waals surface area contributed by atoms with Crippen LogP contribution in [0.4, 0.5) is 17.5 Å². The van der Waals surface area contributed by atoms with Crippen molar-refractivity contribution < 1.29 is 13.9 Å². The highest BCUT2D eigenvalue weighted by molar-refractivity contribution is 5.97. The Morgan fingerprint density at radius 3 is 2.67 bits per heavy atom. The Hall–Kier alpha value is -4.47. The lowest BCUT2D eigenvalue weighted by Crippen LogP contribution is -2.32. The van der Waals surface area contributed by atoms with E-state index in [1.54, 1.807) is 37.4 Å². The second-order valence-corrected chi connectivity index (χ2v) is 7.03. The van der Waals surface area contributed by atoms with E-state index in [0.717, 1.165) is 0 Å². The van der Waals surface area contributed by atoms with Gasteiger partial charge in [-0.05, 0) is 31.2 Å². The number of pyridine rings is 1. The maximum atomic E-state index is 12.5. The molecule has 0 saturated carbocycles. The molecule has 4 rings (SSSR count). The Kier molecular flexibility index (Phi) is 6.44. The maximum absolute atomic E-state index is 12.5. The van der Waals surface area contributed by atoms with Gasteiger partial charge in [-0.1, -0.05) is 18.2 Å². The van der Waals surface area contributed by atoms with E-state index < -0.39 is 11.5 Å². The number of nitrogens with one attached hydrogen (secondary N) is 3. The van der Waals surface area contributed by atoms with Crippen LogP contribution in [0, 0.1) is 6.92 Å². The van der Waals surface area contributed by atoms with Crippen molar-refractivity contribution in [3.8, 4) is 5.75 Å². The van der Waals surface area contributed by atoms with Gasteiger partial charge in [0.25, 0.3) is 5.91 Å². The van der Waals surface area contributed by atoms with E-state index >= 15 is 0 Å². The highest BCUT2D eigenvalue weighted by Crippen LogP contribution is 2.24. The van der Waals surface area contributed by atoms with Gasteiger partial charge < -0.3 is 25.1 Å². The largest absolute Gasteiger partial charge is 0.493 e. The monoisotopic (exact) mass is 446 g/mol. The van der Waals surface area contributed by atoms with Crippen LogP contribution in [0.15, 0.2) is 63.9 Å². The van der Waals surface area contributed by atoms with Gasteiger partial charge in [-0.2, -0.15) is 0 Å². The summed E-state index contributed by atoms with van der Waals surface area (Å²) in [5.74, 6) is 2.33. The molecule has 10 nitrogen and oxygen atoms in total. The normalized spacial score (nSPS) is 10.6. The van der Waals surface area contributed by atoms with E-state index in [4.69, 9.17) is 9.15 Å². The quantitative estimate of drug-likeness (QED) is 0.276. The van der Waals surface area contributed by atoms with E-state index in [0.29, 0.717) is 46.5 Å². The number of aryl methyl sites for hydroxylation is 1. The van der Waals surface area contributed by atoms with E-state index in [9.17, 15) is 9.59 Å². The average molecular weight is 446 g/mol. The maximum Gasteiger partial charge on any atom is 0.349 e. The van der Waals surface area contributed by atoms with Crippen LogP contribution in [0.5, 0.6) is 5.75 Å². The molecule has 0 spiro atoms. The molecule has 1 amide bonds. The Balaban J connectivity index is 1.37. The third kappa shape index (κ3) is 5.24. The Morgan fingerprint density at radius 2 is 1.88 bits per heavy atom. The number of anilines is 3. The number of nitrogens with zero attached hydrogens (tertiary/aromatic N) is 3. The summed E-state index contributed by atoms with van der Waals surface area (Å²) in [7, 11) is 1.49. The molecule has 4 aromatic rings.